The average Bonchev–Trinajstić information content (AvgIpc) is 2.66. The molecule has 1 aromatic heterocycles. The van der Waals surface area contributed by atoms with Gasteiger partial charge in [0.15, 0.2) is 0 Å². The van der Waals surface area contributed by atoms with Gasteiger partial charge in [-0.15, -0.1) is 0 Å². The Morgan fingerprint density at radius 3 is 2.82 bits per heavy atom. The van der Waals surface area contributed by atoms with Crippen molar-refractivity contribution in [3.63, 3.8) is 0 Å². The molecule has 17 heavy (non-hydrogen) atoms. The van der Waals surface area contributed by atoms with Crippen LogP contribution >= 0.6 is 12.2 Å². The zero-order valence-corrected chi connectivity index (χ0v) is 11.2. The largest absolute Gasteiger partial charge is 0.393 e. The van der Waals surface area contributed by atoms with E-state index in [9.17, 15) is 4.79 Å². The van der Waals surface area contributed by atoms with Gasteiger partial charge in [-0.1, -0.05) is 26.1 Å². The van der Waals surface area contributed by atoms with Crippen LogP contribution in [0.4, 0.5) is 0 Å². The molecule has 1 atom stereocenters. The minimum Gasteiger partial charge on any atom is -0.393 e. The fraction of sp³-hybridized carbons (Fsp3) is 0.545. The van der Waals surface area contributed by atoms with Crippen LogP contribution in [0.1, 0.15) is 30.0 Å². The fourth-order valence-electron chi connectivity index (χ4n) is 1.35. The number of aromatic nitrogens is 2. The van der Waals surface area contributed by atoms with Gasteiger partial charge in [0, 0.05) is 19.5 Å². The third-order valence-electron chi connectivity index (χ3n) is 2.58. The van der Waals surface area contributed by atoms with E-state index in [1.165, 1.54) is 0 Å². The van der Waals surface area contributed by atoms with E-state index in [2.05, 4.69) is 10.4 Å². The molecule has 94 valence electrons. The highest BCUT2D eigenvalue weighted by molar-refractivity contribution is 7.80. The van der Waals surface area contributed by atoms with E-state index in [0.29, 0.717) is 17.2 Å². The molecule has 1 aromatic rings. The monoisotopic (exact) mass is 254 g/mol. The minimum absolute atomic E-state index is 0.00665. The van der Waals surface area contributed by atoms with Gasteiger partial charge >= 0.3 is 0 Å². The molecule has 0 aromatic carbocycles. The van der Waals surface area contributed by atoms with Crippen LogP contribution in [0.25, 0.3) is 0 Å². The second-order valence-electron chi connectivity index (χ2n) is 4.01. The molecule has 0 aliphatic carbocycles. The quantitative estimate of drug-likeness (QED) is 0.756. The van der Waals surface area contributed by atoms with E-state index >= 15 is 0 Å². The number of hydrogen-bond donors (Lipinski definition) is 2. The molecule has 5 nitrogen and oxygen atoms in total. The number of aryl methyl sites for hydroxylation is 2. The topological polar surface area (TPSA) is 72.9 Å². The molecule has 0 aliphatic heterocycles. The SMILES string of the molecule is CCc1cc(C(=O)NCC(C)C(N)=S)n(C)n1. The molecule has 0 aliphatic rings. The summed E-state index contributed by atoms with van der Waals surface area (Å²) >= 11 is 4.84. The molecule has 1 rings (SSSR count). The third-order valence-corrected chi connectivity index (χ3v) is 2.98. The standard InChI is InChI=1S/C11H18N4OS/c1-4-8-5-9(15(3)14-8)11(16)13-6-7(2)10(12)17/h5,7H,4,6H2,1-3H3,(H2,12,17)(H,13,16). The van der Waals surface area contributed by atoms with Crippen LogP contribution < -0.4 is 11.1 Å². The zero-order valence-electron chi connectivity index (χ0n) is 10.4. The van der Waals surface area contributed by atoms with Crippen molar-refractivity contribution in [1.82, 2.24) is 15.1 Å². The van der Waals surface area contributed by atoms with Gasteiger partial charge in [-0.25, -0.2) is 0 Å². The van der Waals surface area contributed by atoms with Crippen molar-refractivity contribution >= 4 is 23.1 Å². The van der Waals surface area contributed by atoms with E-state index < -0.39 is 0 Å². The summed E-state index contributed by atoms with van der Waals surface area (Å²) in [5.41, 5.74) is 6.93. The average molecular weight is 254 g/mol. The van der Waals surface area contributed by atoms with Crippen molar-refractivity contribution in [2.24, 2.45) is 18.7 Å². The van der Waals surface area contributed by atoms with Gasteiger partial charge in [0.05, 0.1) is 10.7 Å². The fourth-order valence-corrected chi connectivity index (χ4v) is 1.43. The second-order valence-corrected chi connectivity index (χ2v) is 4.48. The molecule has 1 heterocycles. The Balaban J connectivity index is 2.63. The van der Waals surface area contributed by atoms with Crippen LogP contribution in [-0.2, 0) is 13.5 Å². The molecule has 0 saturated heterocycles. The first-order valence-electron chi connectivity index (χ1n) is 5.56. The van der Waals surface area contributed by atoms with Gasteiger partial charge in [0.1, 0.15) is 5.69 Å². The summed E-state index contributed by atoms with van der Waals surface area (Å²) in [7, 11) is 1.76. The number of nitrogens with two attached hydrogens (primary N) is 1. The number of carbonyl (C=O) groups excluding carboxylic acids is 1. The Kier molecular flexibility index (Phi) is 4.62. The van der Waals surface area contributed by atoms with Gasteiger partial charge in [0.2, 0.25) is 0 Å². The van der Waals surface area contributed by atoms with Gasteiger partial charge in [-0.3, -0.25) is 9.48 Å². The number of hydrogen-bond acceptors (Lipinski definition) is 3. The summed E-state index contributed by atoms with van der Waals surface area (Å²) in [5, 5.41) is 7.01. The second kappa shape index (κ2) is 5.77. The molecule has 0 saturated carbocycles. The van der Waals surface area contributed by atoms with E-state index in [1.807, 2.05) is 13.8 Å². The summed E-state index contributed by atoms with van der Waals surface area (Å²) in [6.07, 6.45) is 0.810. The number of thiocarbonyl (C=S) groups is 1. The van der Waals surface area contributed by atoms with Crippen LogP contribution in [0.5, 0.6) is 0 Å². The highest BCUT2D eigenvalue weighted by Crippen LogP contribution is 2.04. The van der Waals surface area contributed by atoms with Crippen molar-refractivity contribution in [1.29, 1.82) is 0 Å². The smallest absolute Gasteiger partial charge is 0.269 e. The normalized spacial score (nSPS) is 12.2. The molecule has 6 heteroatoms. The first kappa shape index (κ1) is 13.6. The molecule has 1 unspecified atom stereocenters. The molecule has 0 fully saturated rings. The van der Waals surface area contributed by atoms with Gasteiger partial charge in [-0.2, -0.15) is 5.10 Å². The Labute approximate surface area is 106 Å². The van der Waals surface area contributed by atoms with Crippen LogP contribution in [-0.4, -0.2) is 27.2 Å². The molecule has 1 amide bonds. The van der Waals surface area contributed by atoms with Crippen molar-refractivity contribution in [3.05, 3.63) is 17.5 Å². The highest BCUT2D eigenvalue weighted by atomic mass is 32.1. The van der Waals surface area contributed by atoms with E-state index in [-0.39, 0.29) is 11.8 Å². The number of nitrogens with one attached hydrogen (secondary N) is 1. The first-order chi connectivity index (χ1) is 7.95. The summed E-state index contributed by atoms with van der Waals surface area (Å²) in [5.74, 6) is -0.157. The maximum Gasteiger partial charge on any atom is 0.269 e. The number of carbonyl (C=O) groups is 1. The Morgan fingerprint density at radius 1 is 1.71 bits per heavy atom. The number of rotatable bonds is 5. The lowest BCUT2D eigenvalue weighted by Crippen LogP contribution is -2.34. The van der Waals surface area contributed by atoms with E-state index in [1.54, 1.807) is 17.8 Å². The Hall–Kier alpha value is -1.43. The summed E-state index contributed by atoms with van der Waals surface area (Å²) in [6, 6.07) is 1.79. The first-order valence-corrected chi connectivity index (χ1v) is 5.97. The molecule has 0 spiro atoms. The molecule has 0 bridgehead atoms. The maximum atomic E-state index is 11.9. The highest BCUT2D eigenvalue weighted by Gasteiger charge is 2.14. The van der Waals surface area contributed by atoms with E-state index in [0.717, 1.165) is 12.1 Å². The molecule has 3 N–H and O–H groups in total. The van der Waals surface area contributed by atoms with Crippen LogP contribution in [0.15, 0.2) is 6.07 Å². The Morgan fingerprint density at radius 2 is 2.35 bits per heavy atom. The minimum atomic E-state index is -0.150. The lowest BCUT2D eigenvalue weighted by molar-refractivity contribution is 0.0942. The molecule has 0 radical (unpaired) electrons. The van der Waals surface area contributed by atoms with Crippen LogP contribution in [0.2, 0.25) is 0 Å². The van der Waals surface area contributed by atoms with Gasteiger partial charge in [-0.05, 0) is 12.5 Å². The predicted octanol–water partition coefficient (Wildman–Crippen LogP) is 0.634. The summed E-state index contributed by atoms with van der Waals surface area (Å²) in [6.45, 7) is 4.32. The van der Waals surface area contributed by atoms with Crippen molar-refractivity contribution in [2.45, 2.75) is 20.3 Å². The summed E-state index contributed by atoms with van der Waals surface area (Å²) in [4.78, 5) is 12.3. The van der Waals surface area contributed by atoms with Crippen molar-refractivity contribution in [2.75, 3.05) is 6.54 Å². The number of amides is 1. The van der Waals surface area contributed by atoms with Crippen molar-refractivity contribution in [3.8, 4) is 0 Å². The van der Waals surface area contributed by atoms with E-state index in [4.69, 9.17) is 18.0 Å². The Bertz CT molecular complexity index is 427. The van der Waals surface area contributed by atoms with Crippen LogP contribution in [0.3, 0.4) is 0 Å². The predicted molar refractivity (Wildman–Crippen MR) is 70.9 cm³/mol. The maximum absolute atomic E-state index is 11.9. The van der Waals surface area contributed by atoms with Gasteiger partial charge < -0.3 is 11.1 Å². The van der Waals surface area contributed by atoms with Crippen LogP contribution in [0, 0.1) is 5.92 Å². The third kappa shape index (κ3) is 3.52. The summed E-state index contributed by atoms with van der Waals surface area (Å²) < 4.78 is 1.58. The van der Waals surface area contributed by atoms with Gasteiger partial charge in [0.25, 0.3) is 5.91 Å². The molecular formula is C11H18N4OS. The lowest BCUT2D eigenvalue weighted by atomic mass is 10.2. The molecular weight excluding hydrogens is 236 g/mol. The van der Waals surface area contributed by atoms with Crippen molar-refractivity contribution < 1.29 is 4.79 Å². The zero-order chi connectivity index (χ0) is 13.0. The lowest BCUT2D eigenvalue weighted by Gasteiger charge is -2.10. The number of nitrogens with zero attached hydrogens (tertiary/aromatic N) is 2.